The van der Waals surface area contributed by atoms with Gasteiger partial charge >= 0.3 is 5.97 Å². The number of hydrogen-bond donors (Lipinski definition) is 2. The molecule has 1 fully saturated rings. The monoisotopic (exact) mass is 420 g/mol. The van der Waals surface area contributed by atoms with Gasteiger partial charge in [0.2, 0.25) is 5.91 Å². The molecule has 0 unspecified atom stereocenters. The van der Waals surface area contributed by atoms with Crippen LogP contribution >= 0.6 is 11.8 Å². The van der Waals surface area contributed by atoms with Crippen LogP contribution in [-0.2, 0) is 14.3 Å². The number of carbonyl (C=O) groups excluding carboxylic acids is 3. The Morgan fingerprint density at radius 1 is 1.07 bits per heavy atom. The first-order chi connectivity index (χ1) is 13.9. The van der Waals surface area contributed by atoms with Gasteiger partial charge in [0.05, 0.1) is 11.3 Å². The summed E-state index contributed by atoms with van der Waals surface area (Å²) in [5.74, 6) is -0.697. The second-order valence-corrected chi connectivity index (χ2v) is 8.77. The number of esters is 1. The summed E-state index contributed by atoms with van der Waals surface area (Å²) in [6.07, 6.45) is 5.74. The Labute approximate surface area is 177 Å². The van der Waals surface area contributed by atoms with Crippen LogP contribution in [0.5, 0.6) is 0 Å². The van der Waals surface area contributed by atoms with E-state index in [4.69, 9.17) is 4.74 Å². The van der Waals surface area contributed by atoms with Gasteiger partial charge in [-0.1, -0.05) is 37.8 Å². The molecule has 1 aliphatic rings. The van der Waals surface area contributed by atoms with Crippen LogP contribution in [0.4, 0.5) is 0 Å². The van der Waals surface area contributed by atoms with Crippen molar-refractivity contribution in [2.45, 2.75) is 82.4 Å². The highest BCUT2D eigenvalue weighted by atomic mass is 32.2. The molecule has 0 saturated heterocycles. The van der Waals surface area contributed by atoms with Crippen molar-refractivity contribution in [2.75, 3.05) is 5.75 Å². The molecule has 1 aromatic rings. The van der Waals surface area contributed by atoms with Crippen LogP contribution in [0.2, 0.25) is 0 Å². The lowest BCUT2D eigenvalue weighted by Gasteiger charge is -2.20. The molecule has 0 aliphatic heterocycles. The molecule has 1 aliphatic carbocycles. The Hall–Kier alpha value is -2.02. The maximum Gasteiger partial charge on any atom is 0.340 e. The highest BCUT2D eigenvalue weighted by molar-refractivity contribution is 8.00. The van der Waals surface area contributed by atoms with Gasteiger partial charge in [0.25, 0.3) is 5.91 Å². The van der Waals surface area contributed by atoms with E-state index in [0.29, 0.717) is 10.5 Å². The summed E-state index contributed by atoms with van der Waals surface area (Å²) in [6, 6.07) is 7.21. The van der Waals surface area contributed by atoms with Crippen LogP contribution in [0.25, 0.3) is 0 Å². The molecule has 0 bridgehead atoms. The lowest BCUT2D eigenvalue weighted by Crippen LogP contribution is -2.41. The summed E-state index contributed by atoms with van der Waals surface area (Å²) in [4.78, 5) is 37.6. The fourth-order valence-electron chi connectivity index (χ4n) is 3.29. The molecular formula is C22H32N2O4S. The van der Waals surface area contributed by atoms with Crippen molar-refractivity contribution in [3.8, 4) is 0 Å². The van der Waals surface area contributed by atoms with Gasteiger partial charge in [-0.25, -0.2) is 4.79 Å². The van der Waals surface area contributed by atoms with Crippen molar-refractivity contribution < 1.29 is 19.1 Å². The van der Waals surface area contributed by atoms with E-state index in [-0.39, 0.29) is 29.7 Å². The lowest BCUT2D eigenvalue weighted by atomic mass is 10.1. The molecule has 2 rings (SSSR count). The fourth-order valence-corrected chi connectivity index (χ4v) is 4.14. The number of thioether (sulfide) groups is 1. The largest absolute Gasteiger partial charge is 0.449 e. The van der Waals surface area contributed by atoms with Crippen LogP contribution in [0.1, 0.15) is 69.7 Å². The molecule has 7 heteroatoms. The van der Waals surface area contributed by atoms with Gasteiger partial charge in [0.1, 0.15) is 0 Å². The third-order valence-corrected chi connectivity index (χ3v) is 5.84. The van der Waals surface area contributed by atoms with Crippen LogP contribution in [0, 0.1) is 0 Å². The van der Waals surface area contributed by atoms with Crippen LogP contribution in [0.3, 0.4) is 0 Å². The number of benzene rings is 1. The molecule has 2 amide bonds. The Kier molecular flexibility index (Phi) is 9.51. The molecule has 1 saturated carbocycles. The summed E-state index contributed by atoms with van der Waals surface area (Å²) < 4.78 is 5.42. The summed E-state index contributed by atoms with van der Waals surface area (Å²) in [6.45, 7) is 5.39. The Bertz CT molecular complexity index is 700. The second kappa shape index (κ2) is 11.9. The molecular weight excluding hydrogens is 388 g/mol. The first-order valence-corrected chi connectivity index (χ1v) is 11.4. The molecule has 2 N–H and O–H groups in total. The fraction of sp³-hybridized carbons (Fsp3) is 0.591. The van der Waals surface area contributed by atoms with E-state index >= 15 is 0 Å². The molecule has 1 aromatic carbocycles. The van der Waals surface area contributed by atoms with E-state index in [0.717, 1.165) is 25.7 Å². The molecule has 0 spiro atoms. The molecule has 0 aromatic heterocycles. The lowest BCUT2D eigenvalue weighted by molar-refractivity contribution is -0.130. The first kappa shape index (κ1) is 23.3. The van der Waals surface area contributed by atoms with E-state index in [1.807, 2.05) is 19.9 Å². The molecule has 1 atom stereocenters. The van der Waals surface area contributed by atoms with E-state index in [1.54, 1.807) is 25.1 Å². The van der Waals surface area contributed by atoms with Gasteiger partial charge in [0, 0.05) is 17.0 Å². The maximum atomic E-state index is 12.6. The normalized spacial score (nSPS) is 16.0. The van der Waals surface area contributed by atoms with Crippen molar-refractivity contribution in [1.82, 2.24) is 10.6 Å². The van der Waals surface area contributed by atoms with Gasteiger partial charge in [-0.05, 0) is 45.7 Å². The smallest absolute Gasteiger partial charge is 0.340 e. The quantitative estimate of drug-likeness (QED) is 0.381. The van der Waals surface area contributed by atoms with E-state index in [9.17, 15) is 14.4 Å². The van der Waals surface area contributed by atoms with Gasteiger partial charge < -0.3 is 15.4 Å². The Balaban J connectivity index is 1.92. The molecule has 0 radical (unpaired) electrons. The summed E-state index contributed by atoms with van der Waals surface area (Å²) in [5.41, 5.74) is 0.365. The van der Waals surface area contributed by atoms with Crippen molar-refractivity contribution in [3.63, 3.8) is 0 Å². The van der Waals surface area contributed by atoms with Crippen LogP contribution < -0.4 is 10.6 Å². The minimum absolute atomic E-state index is 0.0659. The summed E-state index contributed by atoms with van der Waals surface area (Å²) in [7, 11) is 0. The SMILES string of the molecule is CC(C)NC(=O)CSc1ccccc1C(=O)O[C@@H](C)C(=O)NC1CCCCCC1. The third kappa shape index (κ3) is 8.09. The van der Waals surface area contributed by atoms with Gasteiger partial charge in [0.15, 0.2) is 6.10 Å². The predicted octanol–water partition coefficient (Wildman–Crippen LogP) is 3.69. The summed E-state index contributed by atoms with van der Waals surface area (Å²) in [5, 5.41) is 5.84. The van der Waals surface area contributed by atoms with E-state index in [1.165, 1.54) is 24.6 Å². The van der Waals surface area contributed by atoms with Crippen molar-refractivity contribution in [3.05, 3.63) is 29.8 Å². The Morgan fingerprint density at radius 3 is 2.38 bits per heavy atom. The minimum atomic E-state index is -0.868. The van der Waals surface area contributed by atoms with E-state index < -0.39 is 12.1 Å². The molecule has 6 nitrogen and oxygen atoms in total. The number of ether oxygens (including phenoxy) is 1. The van der Waals surface area contributed by atoms with Crippen molar-refractivity contribution in [2.24, 2.45) is 0 Å². The third-order valence-electron chi connectivity index (χ3n) is 4.77. The molecule has 160 valence electrons. The first-order valence-electron chi connectivity index (χ1n) is 10.4. The van der Waals surface area contributed by atoms with Crippen molar-refractivity contribution in [1.29, 1.82) is 0 Å². The van der Waals surface area contributed by atoms with Gasteiger partial charge in [-0.3, -0.25) is 9.59 Å². The number of amides is 2. The van der Waals surface area contributed by atoms with E-state index in [2.05, 4.69) is 10.6 Å². The topological polar surface area (TPSA) is 84.5 Å². The Morgan fingerprint density at radius 2 is 1.72 bits per heavy atom. The zero-order valence-corrected chi connectivity index (χ0v) is 18.3. The average molecular weight is 421 g/mol. The zero-order valence-electron chi connectivity index (χ0n) is 17.5. The standard InChI is InChI=1S/C22H32N2O4S/c1-15(2)23-20(25)14-29-19-13-9-8-12-18(19)22(27)28-16(3)21(26)24-17-10-6-4-5-7-11-17/h8-9,12-13,15-17H,4-7,10-11,14H2,1-3H3,(H,23,25)(H,24,26)/t16-/m0/s1. The summed E-state index contributed by atoms with van der Waals surface area (Å²) >= 11 is 1.28. The molecule has 29 heavy (non-hydrogen) atoms. The number of nitrogens with one attached hydrogen (secondary N) is 2. The van der Waals surface area contributed by atoms with Gasteiger partial charge in [-0.15, -0.1) is 11.8 Å². The number of rotatable bonds is 8. The maximum absolute atomic E-state index is 12.6. The van der Waals surface area contributed by atoms with Crippen molar-refractivity contribution >= 4 is 29.5 Å². The number of carbonyl (C=O) groups is 3. The zero-order chi connectivity index (χ0) is 21.2. The molecule has 0 heterocycles. The van der Waals surface area contributed by atoms with Gasteiger partial charge in [-0.2, -0.15) is 0 Å². The highest BCUT2D eigenvalue weighted by Crippen LogP contribution is 2.24. The average Bonchev–Trinajstić information content (AvgIpc) is 2.94. The highest BCUT2D eigenvalue weighted by Gasteiger charge is 2.23. The second-order valence-electron chi connectivity index (χ2n) is 7.75. The predicted molar refractivity (Wildman–Crippen MR) is 115 cm³/mol. The van der Waals surface area contributed by atoms with Crippen LogP contribution in [-0.4, -0.2) is 41.7 Å². The minimum Gasteiger partial charge on any atom is -0.449 e. The number of hydrogen-bond acceptors (Lipinski definition) is 5. The van der Waals surface area contributed by atoms with Crippen LogP contribution in [0.15, 0.2) is 29.2 Å².